The third-order valence-corrected chi connectivity index (χ3v) is 4.63. The van der Waals surface area contributed by atoms with E-state index in [0.717, 1.165) is 12.8 Å². The molecule has 0 amide bonds. The van der Waals surface area contributed by atoms with E-state index in [4.69, 9.17) is 4.74 Å². The van der Waals surface area contributed by atoms with Crippen molar-refractivity contribution in [2.75, 3.05) is 0 Å². The molecule has 0 bridgehead atoms. The Labute approximate surface area is 133 Å². The lowest BCUT2D eigenvalue weighted by atomic mass is 9.82. The maximum atomic E-state index is 14.3. The molecule has 0 aliphatic heterocycles. The van der Waals surface area contributed by atoms with Gasteiger partial charge < -0.3 is 4.74 Å². The molecule has 0 aromatic carbocycles. The zero-order valence-electron chi connectivity index (χ0n) is 11.9. The van der Waals surface area contributed by atoms with Crippen molar-refractivity contribution >= 4 is 22.6 Å². The highest BCUT2D eigenvalue weighted by Crippen LogP contribution is 2.41. The normalized spacial score (nSPS) is 34.5. The largest absolute Gasteiger partial charge is 0.433 e. The topological polar surface area (TPSA) is 9.23 Å². The maximum Gasteiger partial charge on any atom is 0.400 e. The van der Waals surface area contributed by atoms with Crippen LogP contribution >= 0.6 is 22.6 Å². The summed E-state index contributed by atoms with van der Waals surface area (Å²) >= 11 is 2.21. The van der Waals surface area contributed by atoms with Crippen LogP contribution in [0.25, 0.3) is 0 Å². The molecule has 20 heavy (non-hydrogen) atoms. The Balaban J connectivity index is 2.06. The highest BCUT2D eigenvalue weighted by Gasteiger charge is 2.43. The minimum absolute atomic E-state index is 0.260. The second-order valence-corrected chi connectivity index (χ2v) is 8.36. The van der Waals surface area contributed by atoms with Crippen LogP contribution < -0.4 is 0 Å². The zero-order valence-corrected chi connectivity index (χ0v) is 14.1. The SMILES string of the molecule is CC1CCC(C(F)(F)OC2=CC(C)(I)C=CC=C2)CC1. The summed E-state index contributed by atoms with van der Waals surface area (Å²) in [5, 5.41) is 0. The molecule has 0 heterocycles. The molecule has 0 N–H and O–H groups in total. The van der Waals surface area contributed by atoms with E-state index in [9.17, 15) is 8.78 Å². The Bertz CT molecular complexity index is 430. The predicted molar refractivity (Wildman–Crippen MR) is 85.9 cm³/mol. The van der Waals surface area contributed by atoms with Gasteiger partial charge in [-0.05, 0) is 37.8 Å². The van der Waals surface area contributed by atoms with Gasteiger partial charge in [0.1, 0.15) is 5.76 Å². The van der Waals surface area contributed by atoms with Gasteiger partial charge in [-0.1, -0.05) is 60.6 Å². The number of allylic oxidation sites excluding steroid dienone is 5. The van der Waals surface area contributed by atoms with Crippen LogP contribution in [0.3, 0.4) is 0 Å². The molecule has 2 aliphatic rings. The lowest BCUT2D eigenvalue weighted by molar-refractivity contribution is -0.253. The quantitative estimate of drug-likeness (QED) is 0.446. The number of hydrogen-bond donors (Lipinski definition) is 0. The van der Waals surface area contributed by atoms with Gasteiger partial charge in [0.2, 0.25) is 0 Å². The third-order valence-electron chi connectivity index (χ3n) is 3.96. The average Bonchev–Trinajstić information content (AvgIpc) is 2.49. The number of halogens is 3. The summed E-state index contributed by atoms with van der Waals surface area (Å²) in [6.45, 7) is 4.08. The Hall–Kier alpha value is -0.390. The summed E-state index contributed by atoms with van der Waals surface area (Å²) in [6, 6.07) is 0. The predicted octanol–water partition coefficient (Wildman–Crippen LogP) is 5.63. The van der Waals surface area contributed by atoms with Crippen LogP contribution in [-0.4, -0.2) is 9.53 Å². The molecule has 1 unspecified atom stereocenters. The molecule has 0 spiro atoms. The summed E-state index contributed by atoms with van der Waals surface area (Å²) in [5.74, 6) is 0.154. The summed E-state index contributed by atoms with van der Waals surface area (Å²) in [7, 11) is 0. The molecular formula is C16H21F2IO. The highest BCUT2D eigenvalue weighted by molar-refractivity contribution is 14.1. The lowest BCUT2D eigenvalue weighted by Gasteiger charge is -2.32. The van der Waals surface area contributed by atoms with Crippen LogP contribution in [0.4, 0.5) is 8.78 Å². The van der Waals surface area contributed by atoms with E-state index < -0.39 is 12.0 Å². The second kappa shape index (κ2) is 6.16. The molecule has 0 aromatic rings. The molecule has 1 fully saturated rings. The molecule has 2 aliphatic carbocycles. The Morgan fingerprint density at radius 3 is 2.55 bits per heavy atom. The first-order valence-corrected chi connectivity index (χ1v) is 8.21. The van der Waals surface area contributed by atoms with Gasteiger partial charge in [0.15, 0.2) is 0 Å². The van der Waals surface area contributed by atoms with E-state index in [0.29, 0.717) is 18.8 Å². The van der Waals surface area contributed by atoms with Gasteiger partial charge in [-0.15, -0.1) is 0 Å². The molecule has 1 atom stereocenters. The fraction of sp³-hybridized carbons (Fsp3) is 0.625. The third kappa shape index (κ3) is 4.30. The number of alkyl halides is 3. The summed E-state index contributed by atoms with van der Waals surface area (Å²) in [4.78, 5) is 0. The fourth-order valence-electron chi connectivity index (χ4n) is 2.67. The monoisotopic (exact) mass is 394 g/mol. The maximum absolute atomic E-state index is 14.3. The molecule has 1 nitrogen and oxygen atoms in total. The molecule has 1 saturated carbocycles. The fourth-order valence-corrected chi connectivity index (χ4v) is 3.18. The van der Waals surface area contributed by atoms with Crippen molar-refractivity contribution in [3.63, 3.8) is 0 Å². The minimum Gasteiger partial charge on any atom is -0.433 e. The van der Waals surface area contributed by atoms with Crippen molar-refractivity contribution in [3.05, 3.63) is 36.1 Å². The van der Waals surface area contributed by atoms with Gasteiger partial charge in [-0.25, -0.2) is 0 Å². The number of rotatable bonds is 3. The molecular weight excluding hydrogens is 373 g/mol. The highest BCUT2D eigenvalue weighted by atomic mass is 127. The molecule has 112 valence electrons. The van der Waals surface area contributed by atoms with Gasteiger partial charge in [0.25, 0.3) is 0 Å². The van der Waals surface area contributed by atoms with Crippen molar-refractivity contribution in [1.29, 1.82) is 0 Å². The van der Waals surface area contributed by atoms with Crippen LogP contribution in [0, 0.1) is 11.8 Å². The van der Waals surface area contributed by atoms with Gasteiger partial charge in [0.05, 0.1) is 9.34 Å². The van der Waals surface area contributed by atoms with Crippen LogP contribution in [0.2, 0.25) is 0 Å². The molecule has 0 radical (unpaired) electrons. The zero-order chi connectivity index (χ0) is 14.8. The van der Waals surface area contributed by atoms with Crippen molar-refractivity contribution in [3.8, 4) is 0 Å². The molecule has 0 aromatic heterocycles. The van der Waals surface area contributed by atoms with Gasteiger partial charge in [0, 0.05) is 0 Å². The lowest BCUT2D eigenvalue weighted by Crippen LogP contribution is -2.34. The van der Waals surface area contributed by atoms with Crippen molar-refractivity contribution in [1.82, 2.24) is 0 Å². The van der Waals surface area contributed by atoms with Gasteiger partial charge >= 0.3 is 6.11 Å². The van der Waals surface area contributed by atoms with E-state index in [1.54, 1.807) is 18.2 Å². The first-order valence-electron chi connectivity index (χ1n) is 7.13. The Kier molecular flexibility index (Phi) is 4.92. The average molecular weight is 394 g/mol. The molecule has 4 heteroatoms. The van der Waals surface area contributed by atoms with Crippen LogP contribution in [0.1, 0.15) is 39.5 Å². The summed E-state index contributed by atoms with van der Waals surface area (Å²) in [5.41, 5.74) is 0. The smallest absolute Gasteiger partial charge is 0.400 e. The molecule has 2 rings (SSSR count). The summed E-state index contributed by atoms with van der Waals surface area (Å²) < 4.78 is 33.3. The second-order valence-electron chi connectivity index (χ2n) is 6.04. The van der Waals surface area contributed by atoms with E-state index in [1.807, 2.05) is 19.1 Å². The van der Waals surface area contributed by atoms with Gasteiger partial charge in [-0.3, -0.25) is 0 Å². The number of ether oxygens (including phenoxy) is 1. The van der Waals surface area contributed by atoms with E-state index in [2.05, 4.69) is 29.5 Å². The van der Waals surface area contributed by atoms with Crippen LogP contribution in [0.15, 0.2) is 36.1 Å². The first kappa shape index (κ1) is 16.0. The minimum atomic E-state index is -3.08. The van der Waals surface area contributed by atoms with Crippen molar-refractivity contribution in [2.45, 2.75) is 49.1 Å². The first-order chi connectivity index (χ1) is 9.28. The van der Waals surface area contributed by atoms with Crippen LogP contribution in [-0.2, 0) is 4.74 Å². The molecule has 0 saturated heterocycles. The van der Waals surface area contributed by atoms with Crippen LogP contribution in [0.5, 0.6) is 0 Å². The summed E-state index contributed by atoms with van der Waals surface area (Å²) in [6.07, 6.45) is 8.67. The van der Waals surface area contributed by atoms with E-state index >= 15 is 0 Å². The van der Waals surface area contributed by atoms with E-state index in [-0.39, 0.29) is 9.18 Å². The number of hydrogen-bond acceptors (Lipinski definition) is 1. The van der Waals surface area contributed by atoms with E-state index in [1.165, 1.54) is 0 Å². The Morgan fingerprint density at radius 1 is 1.25 bits per heavy atom. The van der Waals surface area contributed by atoms with Gasteiger partial charge in [-0.2, -0.15) is 8.78 Å². The van der Waals surface area contributed by atoms with Crippen molar-refractivity contribution in [2.24, 2.45) is 11.8 Å². The van der Waals surface area contributed by atoms with Crippen molar-refractivity contribution < 1.29 is 13.5 Å². The standard InChI is InChI=1S/C16H21F2IO/c1-12-6-8-13(9-7-12)16(17,18)20-14-5-3-4-10-15(2,19)11-14/h3-5,10-13H,6-9H2,1-2H3. The Morgan fingerprint density at radius 2 is 1.90 bits per heavy atom.